The van der Waals surface area contributed by atoms with Crippen LogP contribution in [0.2, 0.25) is 0 Å². The van der Waals surface area contributed by atoms with Crippen LogP contribution in [0.3, 0.4) is 0 Å². The van der Waals surface area contributed by atoms with Gasteiger partial charge in [-0.05, 0) is 25.5 Å². The summed E-state index contributed by atoms with van der Waals surface area (Å²) in [6.07, 6.45) is 2.53. The molecule has 1 heterocycles. The summed E-state index contributed by atoms with van der Waals surface area (Å²) in [7, 11) is 3.23. The first-order chi connectivity index (χ1) is 10.7. The van der Waals surface area contributed by atoms with Crippen LogP contribution in [0.15, 0.2) is 24.4 Å². The van der Waals surface area contributed by atoms with Gasteiger partial charge < -0.3 is 20.1 Å². The summed E-state index contributed by atoms with van der Waals surface area (Å²) in [6.45, 7) is 4.16. The third-order valence-electron chi connectivity index (χ3n) is 3.22. The van der Waals surface area contributed by atoms with Crippen molar-refractivity contribution in [1.82, 2.24) is 15.2 Å². The molecular weight excluding hydrogens is 282 g/mol. The van der Waals surface area contributed by atoms with E-state index < -0.39 is 0 Å². The van der Waals surface area contributed by atoms with E-state index in [0.717, 1.165) is 17.9 Å². The van der Waals surface area contributed by atoms with Crippen LogP contribution >= 0.6 is 0 Å². The van der Waals surface area contributed by atoms with E-state index in [1.165, 1.54) is 0 Å². The maximum Gasteiger partial charge on any atom is 0.244 e. The molecule has 0 amide bonds. The Morgan fingerprint density at radius 1 is 1.23 bits per heavy atom. The first-order valence-electron chi connectivity index (χ1n) is 7.11. The molecule has 0 fully saturated rings. The summed E-state index contributed by atoms with van der Waals surface area (Å²) < 4.78 is 10.6. The summed E-state index contributed by atoms with van der Waals surface area (Å²) in [4.78, 5) is 4.39. The van der Waals surface area contributed by atoms with Crippen molar-refractivity contribution in [2.24, 2.45) is 0 Å². The minimum atomic E-state index is 0.281. The second-order valence-corrected chi connectivity index (χ2v) is 4.81. The zero-order valence-corrected chi connectivity index (χ0v) is 13.3. The first kappa shape index (κ1) is 15.8. The summed E-state index contributed by atoms with van der Waals surface area (Å²) in [5.74, 6) is 2.48. The molecule has 2 rings (SSSR count). The first-order valence-corrected chi connectivity index (χ1v) is 7.11. The zero-order chi connectivity index (χ0) is 15.9. The normalized spacial score (nSPS) is 11.6. The predicted molar refractivity (Wildman–Crippen MR) is 86.0 cm³/mol. The molecule has 2 aromatic rings. The lowest BCUT2D eigenvalue weighted by Gasteiger charge is -2.13. The summed E-state index contributed by atoms with van der Waals surface area (Å²) >= 11 is 0. The van der Waals surface area contributed by atoms with Gasteiger partial charge in [0.2, 0.25) is 5.95 Å². The largest absolute Gasteiger partial charge is 0.497 e. The van der Waals surface area contributed by atoms with Gasteiger partial charge in [-0.1, -0.05) is 6.92 Å². The lowest BCUT2D eigenvalue weighted by atomic mass is 10.2. The Hall–Kier alpha value is -2.57. The lowest BCUT2D eigenvalue weighted by molar-refractivity contribution is 0.405. The van der Waals surface area contributed by atoms with Gasteiger partial charge in [-0.2, -0.15) is 10.1 Å². The molecule has 1 unspecified atom stereocenters. The summed E-state index contributed by atoms with van der Waals surface area (Å²) in [5, 5.41) is 14.3. The Morgan fingerprint density at radius 2 is 2.05 bits per heavy atom. The average Bonchev–Trinajstić information content (AvgIpc) is 2.55. The van der Waals surface area contributed by atoms with Gasteiger partial charge >= 0.3 is 0 Å². The third kappa shape index (κ3) is 3.97. The molecule has 0 aliphatic rings. The van der Waals surface area contributed by atoms with Crippen LogP contribution in [0, 0.1) is 0 Å². The molecule has 2 N–H and O–H groups in total. The molecule has 1 aromatic carbocycles. The number of benzene rings is 1. The molecule has 0 bridgehead atoms. The van der Waals surface area contributed by atoms with Crippen LogP contribution in [0.4, 0.5) is 17.5 Å². The van der Waals surface area contributed by atoms with E-state index in [-0.39, 0.29) is 6.04 Å². The predicted octanol–water partition coefficient (Wildman–Crippen LogP) is 2.84. The third-order valence-corrected chi connectivity index (χ3v) is 3.22. The minimum absolute atomic E-state index is 0.281. The van der Waals surface area contributed by atoms with Gasteiger partial charge in [-0.3, -0.25) is 0 Å². The van der Waals surface area contributed by atoms with Crippen LogP contribution in [-0.2, 0) is 0 Å². The number of hydrogen-bond donors (Lipinski definition) is 2. The molecular formula is C15H21N5O2. The van der Waals surface area contributed by atoms with Crippen molar-refractivity contribution in [3.05, 3.63) is 24.4 Å². The van der Waals surface area contributed by atoms with Crippen molar-refractivity contribution >= 4 is 17.5 Å². The van der Waals surface area contributed by atoms with Crippen molar-refractivity contribution in [2.75, 3.05) is 24.9 Å². The molecule has 7 nitrogen and oxygen atoms in total. The fourth-order valence-corrected chi connectivity index (χ4v) is 1.80. The second kappa shape index (κ2) is 7.44. The highest BCUT2D eigenvalue weighted by atomic mass is 16.5. The van der Waals surface area contributed by atoms with Gasteiger partial charge in [0.25, 0.3) is 0 Å². The van der Waals surface area contributed by atoms with E-state index in [2.05, 4.69) is 39.7 Å². The van der Waals surface area contributed by atoms with E-state index in [4.69, 9.17) is 9.47 Å². The molecule has 7 heteroatoms. The lowest BCUT2D eigenvalue weighted by Crippen LogP contribution is -2.16. The Bertz CT molecular complexity index is 621. The fraction of sp³-hybridized carbons (Fsp3) is 0.400. The van der Waals surface area contributed by atoms with E-state index in [9.17, 15) is 0 Å². The van der Waals surface area contributed by atoms with Gasteiger partial charge in [0.15, 0.2) is 5.82 Å². The molecule has 0 aliphatic carbocycles. The molecule has 0 saturated carbocycles. The smallest absolute Gasteiger partial charge is 0.244 e. The Balaban J connectivity index is 2.21. The van der Waals surface area contributed by atoms with E-state index in [0.29, 0.717) is 17.5 Å². The van der Waals surface area contributed by atoms with Crippen molar-refractivity contribution in [1.29, 1.82) is 0 Å². The molecule has 1 aromatic heterocycles. The Labute approximate surface area is 130 Å². The van der Waals surface area contributed by atoms with Crippen LogP contribution in [0.5, 0.6) is 11.5 Å². The van der Waals surface area contributed by atoms with Gasteiger partial charge in [0.05, 0.1) is 26.1 Å². The van der Waals surface area contributed by atoms with Crippen molar-refractivity contribution < 1.29 is 9.47 Å². The standard InChI is InChI=1S/C15H21N5O2/c1-5-10(2)17-15-19-14(9-16-20-15)18-12-8-11(21-3)6-7-13(12)22-4/h6-10H,5H2,1-4H3,(H2,17,18,19,20). The number of anilines is 3. The van der Waals surface area contributed by atoms with Gasteiger partial charge in [-0.15, -0.1) is 5.10 Å². The van der Waals surface area contributed by atoms with Gasteiger partial charge in [0, 0.05) is 12.1 Å². The molecule has 22 heavy (non-hydrogen) atoms. The zero-order valence-electron chi connectivity index (χ0n) is 13.3. The summed E-state index contributed by atoms with van der Waals surface area (Å²) in [6, 6.07) is 5.78. The molecule has 118 valence electrons. The van der Waals surface area contributed by atoms with Crippen molar-refractivity contribution in [2.45, 2.75) is 26.3 Å². The van der Waals surface area contributed by atoms with E-state index in [1.54, 1.807) is 20.4 Å². The number of ether oxygens (including phenoxy) is 2. The topological polar surface area (TPSA) is 81.2 Å². The molecule has 0 saturated heterocycles. The Kier molecular flexibility index (Phi) is 5.35. The molecule has 0 radical (unpaired) electrons. The molecule has 0 aliphatic heterocycles. The van der Waals surface area contributed by atoms with Crippen molar-refractivity contribution in [3.63, 3.8) is 0 Å². The second-order valence-electron chi connectivity index (χ2n) is 4.81. The van der Waals surface area contributed by atoms with Crippen molar-refractivity contribution in [3.8, 4) is 11.5 Å². The van der Waals surface area contributed by atoms with Gasteiger partial charge in [-0.25, -0.2) is 0 Å². The average molecular weight is 303 g/mol. The van der Waals surface area contributed by atoms with Crippen LogP contribution < -0.4 is 20.1 Å². The number of methoxy groups -OCH3 is 2. The molecule has 0 spiro atoms. The number of nitrogens with one attached hydrogen (secondary N) is 2. The number of aromatic nitrogens is 3. The van der Waals surface area contributed by atoms with Gasteiger partial charge in [0.1, 0.15) is 11.5 Å². The van der Waals surface area contributed by atoms with Crippen LogP contribution in [0.1, 0.15) is 20.3 Å². The minimum Gasteiger partial charge on any atom is -0.497 e. The number of rotatable bonds is 7. The SMILES string of the molecule is CCC(C)Nc1nncc(Nc2cc(OC)ccc2OC)n1. The Morgan fingerprint density at radius 3 is 2.73 bits per heavy atom. The summed E-state index contributed by atoms with van der Waals surface area (Å²) in [5.41, 5.74) is 0.747. The number of nitrogens with zero attached hydrogens (tertiary/aromatic N) is 3. The molecule has 1 atom stereocenters. The maximum absolute atomic E-state index is 5.33. The highest BCUT2D eigenvalue weighted by Gasteiger charge is 2.08. The van der Waals surface area contributed by atoms with E-state index >= 15 is 0 Å². The van der Waals surface area contributed by atoms with Crippen LogP contribution in [-0.4, -0.2) is 35.4 Å². The highest BCUT2D eigenvalue weighted by Crippen LogP contribution is 2.30. The monoisotopic (exact) mass is 303 g/mol. The number of hydrogen-bond acceptors (Lipinski definition) is 7. The fourth-order valence-electron chi connectivity index (χ4n) is 1.80. The highest BCUT2D eigenvalue weighted by molar-refractivity contribution is 5.66. The maximum atomic E-state index is 5.33. The van der Waals surface area contributed by atoms with E-state index in [1.807, 2.05) is 18.2 Å². The van der Waals surface area contributed by atoms with Crippen LogP contribution in [0.25, 0.3) is 0 Å². The quantitative estimate of drug-likeness (QED) is 0.814.